The van der Waals surface area contributed by atoms with Gasteiger partial charge in [0.25, 0.3) is 0 Å². The summed E-state index contributed by atoms with van der Waals surface area (Å²) in [4.78, 5) is 22.1. The predicted octanol–water partition coefficient (Wildman–Crippen LogP) is 2.37. The van der Waals surface area contributed by atoms with E-state index < -0.39 is 30.0 Å². The van der Waals surface area contributed by atoms with E-state index >= 15 is 0 Å². The van der Waals surface area contributed by atoms with Gasteiger partial charge < -0.3 is 10.4 Å². The number of hydrogen-bond donors (Lipinski definition) is 2. The minimum Gasteiger partial charge on any atom is -0.481 e. The van der Waals surface area contributed by atoms with E-state index in [1.807, 2.05) is 5.32 Å². The van der Waals surface area contributed by atoms with Gasteiger partial charge in [-0.2, -0.15) is 13.2 Å². The molecule has 2 atom stereocenters. The highest BCUT2D eigenvalue weighted by Crippen LogP contribution is 2.37. The van der Waals surface area contributed by atoms with Crippen molar-refractivity contribution in [2.45, 2.75) is 31.0 Å². The van der Waals surface area contributed by atoms with Crippen molar-refractivity contribution >= 4 is 11.9 Å². The Morgan fingerprint density at radius 2 is 1.75 bits per heavy atom. The Morgan fingerprint density at radius 1 is 1.15 bits per heavy atom. The largest absolute Gasteiger partial charge is 0.481 e. The smallest absolute Gasteiger partial charge is 0.471 e. The maximum Gasteiger partial charge on any atom is 0.471 e. The summed E-state index contributed by atoms with van der Waals surface area (Å²) in [7, 11) is 0. The van der Waals surface area contributed by atoms with Crippen LogP contribution >= 0.6 is 0 Å². The Labute approximate surface area is 112 Å². The zero-order valence-corrected chi connectivity index (χ0v) is 10.3. The number of alkyl halides is 3. The summed E-state index contributed by atoms with van der Waals surface area (Å²) in [5.74, 6) is -3.77. The van der Waals surface area contributed by atoms with Crippen LogP contribution in [0.25, 0.3) is 0 Å². The maximum atomic E-state index is 12.3. The molecule has 4 nitrogen and oxygen atoms in total. The summed E-state index contributed by atoms with van der Waals surface area (Å²) in [6, 6.07) is 5.54. The molecule has 0 aromatic heterocycles. The van der Waals surface area contributed by atoms with E-state index in [4.69, 9.17) is 5.11 Å². The van der Waals surface area contributed by atoms with Gasteiger partial charge in [0.1, 0.15) is 0 Å². The van der Waals surface area contributed by atoms with E-state index in [0.29, 0.717) is 11.1 Å². The molecule has 0 aliphatic heterocycles. The quantitative estimate of drug-likeness (QED) is 0.877. The molecule has 7 heteroatoms. The van der Waals surface area contributed by atoms with Crippen LogP contribution in [-0.2, 0) is 9.59 Å². The van der Waals surface area contributed by atoms with E-state index in [9.17, 15) is 22.8 Å². The summed E-state index contributed by atoms with van der Waals surface area (Å²) in [6.45, 7) is 0. The van der Waals surface area contributed by atoms with Crippen LogP contribution in [0.5, 0.6) is 0 Å². The first-order valence-corrected chi connectivity index (χ1v) is 6.00. The Bertz CT molecular complexity index is 542. The number of fused-ring (bicyclic) bond motifs is 1. The number of benzene rings is 1. The van der Waals surface area contributed by atoms with Crippen LogP contribution in [0.2, 0.25) is 0 Å². The van der Waals surface area contributed by atoms with Gasteiger partial charge in [-0.05, 0) is 24.0 Å². The van der Waals surface area contributed by atoms with Gasteiger partial charge in [-0.3, -0.25) is 9.59 Å². The molecule has 2 rings (SSSR count). The Kier molecular flexibility index (Phi) is 3.69. The fourth-order valence-electron chi connectivity index (χ4n) is 2.44. The van der Waals surface area contributed by atoms with Crippen molar-refractivity contribution in [3.8, 4) is 0 Å². The van der Waals surface area contributed by atoms with Crippen LogP contribution in [0.3, 0.4) is 0 Å². The first-order chi connectivity index (χ1) is 9.30. The third-order valence-corrected chi connectivity index (χ3v) is 3.35. The van der Waals surface area contributed by atoms with Crippen LogP contribution < -0.4 is 5.32 Å². The number of hydrogen-bond acceptors (Lipinski definition) is 2. The minimum absolute atomic E-state index is 0.162. The minimum atomic E-state index is -4.95. The maximum absolute atomic E-state index is 12.3. The molecule has 2 N–H and O–H groups in total. The van der Waals surface area contributed by atoms with Crippen LogP contribution in [-0.4, -0.2) is 23.2 Å². The molecule has 1 aliphatic rings. The second-order valence-electron chi connectivity index (χ2n) is 4.62. The van der Waals surface area contributed by atoms with E-state index in [-0.39, 0.29) is 12.8 Å². The predicted molar refractivity (Wildman–Crippen MR) is 63.0 cm³/mol. The van der Waals surface area contributed by atoms with Crippen molar-refractivity contribution < 1.29 is 27.9 Å². The summed E-state index contributed by atoms with van der Waals surface area (Å²) in [5.41, 5.74) is 0.891. The summed E-state index contributed by atoms with van der Waals surface area (Å²) < 4.78 is 36.8. The molecular formula is C13H12F3NO3. The van der Waals surface area contributed by atoms with E-state index in [1.165, 1.54) is 0 Å². The zero-order chi connectivity index (χ0) is 14.9. The van der Waals surface area contributed by atoms with Crippen LogP contribution in [0.15, 0.2) is 24.3 Å². The molecule has 1 aromatic rings. The van der Waals surface area contributed by atoms with Crippen LogP contribution in [0, 0.1) is 0 Å². The molecule has 0 bridgehead atoms. The first-order valence-electron chi connectivity index (χ1n) is 6.00. The molecule has 1 aromatic carbocycles. The van der Waals surface area contributed by atoms with Crippen molar-refractivity contribution in [3.63, 3.8) is 0 Å². The standard InChI is InChI=1S/C13H12F3NO3/c14-13(15,16)12(20)17-10-6-5-9(11(18)19)7-3-1-2-4-8(7)10/h1-4,9-10H,5-6H2,(H,17,20)(H,18,19). The van der Waals surface area contributed by atoms with Crippen molar-refractivity contribution in [3.05, 3.63) is 35.4 Å². The van der Waals surface area contributed by atoms with Crippen LogP contribution in [0.4, 0.5) is 13.2 Å². The second-order valence-corrected chi connectivity index (χ2v) is 4.62. The zero-order valence-electron chi connectivity index (χ0n) is 10.3. The number of halogens is 3. The average molecular weight is 287 g/mol. The molecular weight excluding hydrogens is 275 g/mol. The molecule has 108 valence electrons. The normalized spacial score (nSPS) is 21.9. The van der Waals surface area contributed by atoms with E-state index in [0.717, 1.165) is 0 Å². The second kappa shape index (κ2) is 5.15. The summed E-state index contributed by atoms with van der Waals surface area (Å²) >= 11 is 0. The lowest BCUT2D eigenvalue weighted by atomic mass is 9.80. The van der Waals surface area contributed by atoms with E-state index in [1.54, 1.807) is 24.3 Å². The van der Waals surface area contributed by atoms with Crippen molar-refractivity contribution in [2.24, 2.45) is 0 Å². The molecule has 0 fully saturated rings. The number of amides is 1. The number of carbonyl (C=O) groups excluding carboxylic acids is 1. The highest BCUT2D eigenvalue weighted by atomic mass is 19.4. The van der Waals surface area contributed by atoms with Crippen molar-refractivity contribution in [2.75, 3.05) is 0 Å². The molecule has 20 heavy (non-hydrogen) atoms. The number of nitrogens with one attached hydrogen (secondary N) is 1. The van der Waals surface area contributed by atoms with Gasteiger partial charge in [0.05, 0.1) is 12.0 Å². The number of carbonyl (C=O) groups is 2. The van der Waals surface area contributed by atoms with Gasteiger partial charge in [0.2, 0.25) is 0 Å². The molecule has 2 unspecified atom stereocenters. The fourth-order valence-corrected chi connectivity index (χ4v) is 2.44. The van der Waals surface area contributed by atoms with Gasteiger partial charge in [-0.1, -0.05) is 24.3 Å². The van der Waals surface area contributed by atoms with Gasteiger partial charge in [-0.15, -0.1) is 0 Å². The highest BCUT2D eigenvalue weighted by molar-refractivity contribution is 5.82. The van der Waals surface area contributed by atoms with Gasteiger partial charge >= 0.3 is 18.1 Å². The molecule has 0 heterocycles. The Balaban J connectivity index is 2.28. The van der Waals surface area contributed by atoms with Crippen LogP contribution in [0.1, 0.15) is 35.9 Å². The number of aliphatic carboxylic acids is 1. The van der Waals surface area contributed by atoms with Crippen molar-refractivity contribution in [1.29, 1.82) is 0 Å². The molecule has 0 spiro atoms. The SMILES string of the molecule is O=C(O)C1CCC(NC(=O)C(F)(F)F)c2ccccc21. The lowest BCUT2D eigenvalue weighted by Crippen LogP contribution is -2.40. The Morgan fingerprint density at radius 3 is 2.30 bits per heavy atom. The average Bonchev–Trinajstić information content (AvgIpc) is 2.37. The molecule has 0 saturated carbocycles. The number of carboxylic acids is 1. The highest BCUT2D eigenvalue weighted by Gasteiger charge is 2.41. The summed E-state index contributed by atoms with van der Waals surface area (Å²) in [6.07, 6.45) is -4.59. The van der Waals surface area contributed by atoms with Gasteiger partial charge in [0.15, 0.2) is 0 Å². The lowest BCUT2D eigenvalue weighted by molar-refractivity contribution is -0.174. The monoisotopic (exact) mass is 287 g/mol. The molecule has 1 amide bonds. The topological polar surface area (TPSA) is 66.4 Å². The third kappa shape index (κ3) is 2.76. The van der Waals surface area contributed by atoms with Gasteiger partial charge in [0, 0.05) is 0 Å². The van der Waals surface area contributed by atoms with Gasteiger partial charge in [-0.25, -0.2) is 0 Å². The van der Waals surface area contributed by atoms with Crippen molar-refractivity contribution in [1.82, 2.24) is 5.32 Å². The fraction of sp³-hybridized carbons (Fsp3) is 0.385. The van der Waals surface area contributed by atoms with E-state index in [2.05, 4.69) is 0 Å². The first kappa shape index (κ1) is 14.4. The molecule has 0 radical (unpaired) electrons. The lowest BCUT2D eigenvalue weighted by Gasteiger charge is -2.30. The number of rotatable bonds is 2. The molecule has 0 saturated heterocycles. The Hall–Kier alpha value is -2.05. The third-order valence-electron chi connectivity index (χ3n) is 3.35. The summed E-state index contributed by atoms with van der Waals surface area (Å²) in [5, 5.41) is 11.0. The number of carboxylic acid groups (broad SMARTS) is 1. The molecule has 1 aliphatic carbocycles.